The van der Waals surface area contributed by atoms with Crippen molar-refractivity contribution < 1.29 is 30.5 Å². The highest BCUT2D eigenvalue weighted by atomic mass is 32.2. The van der Waals surface area contributed by atoms with Crippen LogP contribution in [-0.4, -0.2) is 18.9 Å². The second kappa shape index (κ2) is 4.20. The smallest absolute Gasteiger partial charge is 0.476 e. The number of ether oxygens (including phenoxy) is 1. The van der Waals surface area contributed by atoms with Crippen LogP contribution in [0.2, 0.25) is 0 Å². The Hall–Kier alpha value is -1.09. The van der Waals surface area contributed by atoms with Gasteiger partial charge in [-0.2, -0.15) is 21.6 Å². The van der Waals surface area contributed by atoms with Gasteiger partial charge in [0.25, 0.3) is 0 Å². The van der Waals surface area contributed by atoms with Crippen LogP contribution >= 0.6 is 11.8 Å². The van der Waals surface area contributed by atoms with Gasteiger partial charge in [0.05, 0.1) is 4.90 Å². The average Bonchev–Trinajstić information content (AvgIpc) is 2.48. The fraction of sp³-hybridized carbons (Fsp3) is 0.400. The first-order valence-electron chi connectivity index (χ1n) is 5.03. The van der Waals surface area contributed by atoms with Crippen molar-refractivity contribution in [2.24, 2.45) is 0 Å². The first-order chi connectivity index (χ1) is 8.50. The van der Waals surface area contributed by atoms with Gasteiger partial charge in [0.2, 0.25) is 0 Å². The van der Waals surface area contributed by atoms with Crippen LogP contribution in [0.5, 0.6) is 11.5 Å². The number of thioether (sulfide) groups is 1. The first-order valence-corrected chi connectivity index (χ1v) is 7.25. The fourth-order valence-corrected chi connectivity index (χ4v) is 2.88. The molecule has 1 aliphatic rings. The maximum atomic E-state index is 12.2. The molecule has 0 saturated heterocycles. The molecule has 0 aromatic heterocycles. The van der Waals surface area contributed by atoms with Crippen LogP contribution in [0, 0.1) is 0 Å². The van der Waals surface area contributed by atoms with E-state index < -0.39 is 26.3 Å². The van der Waals surface area contributed by atoms with Gasteiger partial charge < -0.3 is 8.92 Å². The van der Waals surface area contributed by atoms with Crippen molar-refractivity contribution in [2.45, 2.75) is 29.2 Å². The molecule has 0 aliphatic carbocycles. The molecular formula is C10H9F3O4S2. The number of benzene rings is 1. The van der Waals surface area contributed by atoms with E-state index in [9.17, 15) is 21.6 Å². The minimum Gasteiger partial charge on any atom is -0.476 e. The molecular weight excluding hydrogens is 305 g/mol. The van der Waals surface area contributed by atoms with Gasteiger partial charge in [0, 0.05) is 6.07 Å². The molecule has 19 heavy (non-hydrogen) atoms. The molecule has 0 unspecified atom stereocenters. The summed E-state index contributed by atoms with van der Waals surface area (Å²) < 4.78 is 67.7. The first kappa shape index (κ1) is 14.3. The second-order valence-electron chi connectivity index (χ2n) is 4.20. The van der Waals surface area contributed by atoms with Gasteiger partial charge in [0.1, 0.15) is 11.5 Å². The summed E-state index contributed by atoms with van der Waals surface area (Å²) in [5, 5.41) is 0. The van der Waals surface area contributed by atoms with Crippen LogP contribution in [0.3, 0.4) is 0 Å². The molecule has 0 atom stereocenters. The van der Waals surface area contributed by atoms with E-state index in [2.05, 4.69) is 4.18 Å². The zero-order valence-electron chi connectivity index (χ0n) is 9.82. The quantitative estimate of drug-likeness (QED) is 0.620. The highest BCUT2D eigenvalue weighted by molar-refractivity contribution is 8.00. The number of alkyl halides is 3. The second-order valence-corrected chi connectivity index (χ2v) is 7.36. The van der Waals surface area contributed by atoms with Gasteiger partial charge in [-0.1, -0.05) is 11.8 Å². The minimum absolute atomic E-state index is 0.296. The highest BCUT2D eigenvalue weighted by Gasteiger charge is 2.48. The Morgan fingerprint density at radius 2 is 1.95 bits per heavy atom. The molecule has 0 bridgehead atoms. The Balaban J connectivity index is 2.27. The maximum absolute atomic E-state index is 12.2. The summed E-state index contributed by atoms with van der Waals surface area (Å²) in [5.41, 5.74) is -5.46. The van der Waals surface area contributed by atoms with E-state index >= 15 is 0 Å². The molecule has 0 N–H and O–H groups in total. The molecule has 1 aromatic carbocycles. The maximum Gasteiger partial charge on any atom is 0.534 e. The van der Waals surface area contributed by atoms with Crippen molar-refractivity contribution >= 4 is 21.9 Å². The Kier molecular flexibility index (Phi) is 3.17. The molecule has 1 aliphatic heterocycles. The lowest BCUT2D eigenvalue weighted by molar-refractivity contribution is -0.0500. The normalized spacial score (nSPS) is 17.7. The minimum atomic E-state index is -5.66. The van der Waals surface area contributed by atoms with Crippen molar-refractivity contribution in [3.63, 3.8) is 0 Å². The van der Waals surface area contributed by atoms with Gasteiger partial charge in [-0.05, 0) is 26.0 Å². The van der Waals surface area contributed by atoms with E-state index in [4.69, 9.17) is 4.74 Å². The van der Waals surface area contributed by atoms with Crippen molar-refractivity contribution in [3.05, 3.63) is 18.2 Å². The largest absolute Gasteiger partial charge is 0.534 e. The number of halogens is 3. The summed E-state index contributed by atoms with van der Waals surface area (Å²) in [5.74, 6) is -0.140. The summed E-state index contributed by atoms with van der Waals surface area (Å²) in [4.78, 5) is 0.158. The zero-order chi connectivity index (χ0) is 14.5. The van der Waals surface area contributed by atoms with Crippen LogP contribution in [0.1, 0.15) is 13.8 Å². The van der Waals surface area contributed by atoms with Crippen LogP contribution in [0.15, 0.2) is 23.1 Å². The predicted molar refractivity (Wildman–Crippen MR) is 62.6 cm³/mol. The number of hydrogen-bond donors (Lipinski definition) is 0. The summed E-state index contributed by atoms with van der Waals surface area (Å²) in [6.45, 7) is 3.56. The van der Waals surface area contributed by atoms with Gasteiger partial charge in [0.15, 0.2) is 4.93 Å². The Bertz CT molecular complexity index is 608. The van der Waals surface area contributed by atoms with Crippen LogP contribution in [0.4, 0.5) is 13.2 Å². The fourth-order valence-electron chi connectivity index (χ4n) is 1.43. The lowest BCUT2D eigenvalue weighted by atomic mass is 10.3. The summed E-state index contributed by atoms with van der Waals surface area (Å²) in [7, 11) is -5.66. The van der Waals surface area contributed by atoms with E-state index in [1.54, 1.807) is 13.8 Å². The third-order valence-electron chi connectivity index (χ3n) is 2.12. The van der Waals surface area contributed by atoms with E-state index in [0.717, 1.165) is 12.1 Å². The lowest BCUT2D eigenvalue weighted by Gasteiger charge is -2.15. The molecule has 4 nitrogen and oxygen atoms in total. The van der Waals surface area contributed by atoms with Crippen molar-refractivity contribution in [1.29, 1.82) is 0 Å². The van der Waals surface area contributed by atoms with E-state index in [1.165, 1.54) is 17.8 Å². The predicted octanol–water partition coefficient (Wildman–Crippen LogP) is 3.14. The zero-order valence-corrected chi connectivity index (χ0v) is 11.4. The number of rotatable bonds is 2. The molecule has 0 radical (unpaired) electrons. The molecule has 0 saturated carbocycles. The van der Waals surface area contributed by atoms with Gasteiger partial charge in [-0.15, -0.1) is 0 Å². The summed E-state index contributed by atoms with van der Waals surface area (Å²) >= 11 is 1.38. The molecule has 1 aromatic rings. The van der Waals surface area contributed by atoms with Gasteiger partial charge >= 0.3 is 15.6 Å². The molecule has 9 heteroatoms. The summed E-state index contributed by atoms with van der Waals surface area (Å²) in [6, 6.07) is 3.73. The van der Waals surface area contributed by atoms with Crippen molar-refractivity contribution in [1.82, 2.24) is 0 Å². The lowest BCUT2D eigenvalue weighted by Crippen LogP contribution is -2.28. The van der Waals surface area contributed by atoms with Crippen LogP contribution in [-0.2, 0) is 10.1 Å². The van der Waals surface area contributed by atoms with Gasteiger partial charge in [-0.25, -0.2) is 0 Å². The monoisotopic (exact) mass is 314 g/mol. The Morgan fingerprint density at radius 3 is 2.53 bits per heavy atom. The SMILES string of the molecule is CC1(C)Oc2cc(OS(=O)(=O)C(F)(F)F)ccc2S1. The third kappa shape index (κ3) is 2.92. The number of hydrogen-bond acceptors (Lipinski definition) is 5. The standard InChI is InChI=1S/C10H9F3O4S2/c1-9(2)16-7-5-6(3-4-8(7)18-9)17-19(14,15)10(11,12)13/h3-5H,1-2H3. The number of fused-ring (bicyclic) bond motifs is 1. The molecule has 1 heterocycles. The Labute approximate surface area is 112 Å². The molecule has 106 valence electrons. The van der Waals surface area contributed by atoms with Crippen molar-refractivity contribution in [3.8, 4) is 11.5 Å². The summed E-state index contributed by atoms with van der Waals surface area (Å²) in [6.07, 6.45) is 0. The van der Waals surface area contributed by atoms with Crippen LogP contribution in [0.25, 0.3) is 0 Å². The van der Waals surface area contributed by atoms with E-state index in [-0.39, 0.29) is 0 Å². The average molecular weight is 314 g/mol. The molecule has 0 fully saturated rings. The Morgan fingerprint density at radius 1 is 1.32 bits per heavy atom. The molecule has 0 amide bonds. The third-order valence-corrected chi connectivity index (χ3v) is 4.23. The van der Waals surface area contributed by atoms with E-state index in [1.807, 2.05) is 0 Å². The van der Waals surface area contributed by atoms with Gasteiger partial charge in [-0.3, -0.25) is 0 Å². The topological polar surface area (TPSA) is 52.6 Å². The molecule has 2 rings (SSSR count). The van der Waals surface area contributed by atoms with Crippen molar-refractivity contribution in [2.75, 3.05) is 0 Å². The highest BCUT2D eigenvalue weighted by Crippen LogP contribution is 2.48. The molecule has 0 spiro atoms. The van der Waals surface area contributed by atoms with E-state index in [0.29, 0.717) is 10.6 Å². The van der Waals surface area contributed by atoms with Crippen LogP contribution < -0.4 is 8.92 Å².